The molecule has 0 unspecified atom stereocenters. The second-order valence-corrected chi connectivity index (χ2v) is 4.41. The van der Waals surface area contributed by atoms with Gasteiger partial charge < -0.3 is 10.3 Å². The summed E-state index contributed by atoms with van der Waals surface area (Å²) < 4.78 is 2.10. The van der Waals surface area contributed by atoms with Gasteiger partial charge in [-0.15, -0.1) is 0 Å². The van der Waals surface area contributed by atoms with Crippen molar-refractivity contribution in [2.75, 3.05) is 5.73 Å². The number of nitrogens with zero attached hydrogens (tertiary/aromatic N) is 3. The summed E-state index contributed by atoms with van der Waals surface area (Å²) in [6.45, 7) is 2.09. The van der Waals surface area contributed by atoms with Gasteiger partial charge in [-0.05, 0) is 30.7 Å². The number of anilines is 1. The highest BCUT2D eigenvalue weighted by molar-refractivity contribution is 5.83. The van der Waals surface area contributed by atoms with E-state index < -0.39 is 0 Å². The zero-order valence-corrected chi connectivity index (χ0v) is 10.4. The molecule has 90 valence electrons. The summed E-state index contributed by atoms with van der Waals surface area (Å²) in [6.07, 6.45) is 1.76. The summed E-state index contributed by atoms with van der Waals surface area (Å²) in [6, 6.07) is 9.88. The second kappa shape index (κ2) is 3.84. The lowest BCUT2D eigenvalue weighted by Crippen LogP contribution is -1.95. The van der Waals surface area contributed by atoms with Crippen LogP contribution in [0.15, 0.2) is 36.5 Å². The molecule has 0 aliphatic rings. The fourth-order valence-corrected chi connectivity index (χ4v) is 2.26. The van der Waals surface area contributed by atoms with E-state index in [2.05, 4.69) is 27.5 Å². The number of aryl methyl sites for hydroxylation is 2. The van der Waals surface area contributed by atoms with Crippen LogP contribution in [-0.2, 0) is 7.05 Å². The van der Waals surface area contributed by atoms with Gasteiger partial charge in [0.05, 0.1) is 11.0 Å². The van der Waals surface area contributed by atoms with Crippen molar-refractivity contribution in [3.63, 3.8) is 0 Å². The van der Waals surface area contributed by atoms with Crippen LogP contribution in [-0.4, -0.2) is 14.5 Å². The van der Waals surface area contributed by atoms with Gasteiger partial charge in [0.1, 0.15) is 11.6 Å². The lowest BCUT2D eigenvalue weighted by atomic mass is 10.2. The molecule has 1 aromatic carbocycles. The average molecular weight is 238 g/mol. The fourth-order valence-electron chi connectivity index (χ4n) is 2.26. The number of aromatic nitrogens is 3. The predicted molar refractivity (Wildman–Crippen MR) is 73.1 cm³/mol. The number of nitrogen functional groups attached to an aromatic ring is 1. The maximum absolute atomic E-state index is 5.60. The Morgan fingerprint density at radius 3 is 2.67 bits per heavy atom. The number of benzene rings is 1. The van der Waals surface area contributed by atoms with Gasteiger partial charge in [-0.25, -0.2) is 9.97 Å². The Bertz CT molecular complexity index is 710. The van der Waals surface area contributed by atoms with Crippen LogP contribution < -0.4 is 5.73 Å². The van der Waals surface area contributed by atoms with Gasteiger partial charge in [0.25, 0.3) is 0 Å². The number of nitrogens with two attached hydrogens (primary N) is 1. The van der Waals surface area contributed by atoms with Crippen molar-refractivity contribution < 1.29 is 0 Å². The summed E-state index contributed by atoms with van der Waals surface area (Å²) in [4.78, 5) is 8.77. The minimum atomic E-state index is 0.522. The normalized spacial score (nSPS) is 11.0. The van der Waals surface area contributed by atoms with Gasteiger partial charge in [0, 0.05) is 18.8 Å². The highest BCUT2D eigenvalue weighted by Gasteiger charge is 2.11. The first kappa shape index (κ1) is 10.8. The SMILES string of the molecule is Cc1cccc2nc(-c3ccc(N)nc3)n(C)c12. The average Bonchev–Trinajstić information content (AvgIpc) is 2.69. The predicted octanol–water partition coefficient (Wildman–Crippen LogP) is 2.53. The molecule has 4 nitrogen and oxygen atoms in total. The lowest BCUT2D eigenvalue weighted by Gasteiger charge is -2.03. The molecule has 0 saturated carbocycles. The molecule has 0 amide bonds. The van der Waals surface area contributed by atoms with Crippen LogP contribution in [0.1, 0.15) is 5.56 Å². The fraction of sp³-hybridized carbons (Fsp3) is 0.143. The molecule has 0 saturated heterocycles. The van der Waals surface area contributed by atoms with E-state index in [1.54, 1.807) is 12.3 Å². The molecule has 0 bridgehead atoms. The van der Waals surface area contributed by atoms with E-state index in [1.807, 2.05) is 25.2 Å². The maximum Gasteiger partial charge on any atom is 0.142 e. The van der Waals surface area contributed by atoms with Crippen LogP contribution in [0.5, 0.6) is 0 Å². The van der Waals surface area contributed by atoms with E-state index in [0.29, 0.717) is 5.82 Å². The number of fused-ring (bicyclic) bond motifs is 1. The largest absolute Gasteiger partial charge is 0.384 e. The molecule has 3 rings (SSSR count). The quantitative estimate of drug-likeness (QED) is 0.708. The Morgan fingerprint density at radius 2 is 2.00 bits per heavy atom. The molecule has 0 radical (unpaired) electrons. The molecule has 18 heavy (non-hydrogen) atoms. The third kappa shape index (κ3) is 1.54. The third-order valence-electron chi connectivity index (χ3n) is 3.14. The minimum absolute atomic E-state index is 0.522. The molecule has 2 heterocycles. The van der Waals surface area contributed by atoms with E-state index in [9.17, 15) is 0 Å². The number of imidazole rings is 1. The Hall–Kier alpha value is -2.36. The van der Waals surface area contributed by atoms with Gasteiger partial charge >= 0.3 is 0 Å². The zero-order chi connectivity index (χ0) is 12.7. The van der Waals surface area contributed by atoms with Crippen LogP contribution in [0.25, 0.3) is 22.4 Å². The molecule has 4 heteroatoms. The monoisotopic (exact) mass is 238 g/mol. The summed E-state index contributed by atoms with van der Waals surface area (Å²) >= 11 is 0. The number of para-hydroxylation sites is 1. The van der Waals surface area contributed by atoms with Gasteiger partial charge in [0.15, 0.2) is 0 Å². The maximum atomic E-state index is 5.60. The number of hydrogen-bond donors (Lipinski definition) is 1. The Balaban J connectivity index is 2.27. The van der Waals surface area contributed by atoms with Crippen LogP contribution in [0.2, 0.25) is 0 Å². The molecule has 3 aromatic rings. The Morgan fingerprint density at radius 1 is 1.17 bits per heavy atom. The Kier molecular flexibility index (Phi) is 2.30. The molecule has 2 N–H and O–H groups in total. The molecular formula is C14H14N4. The van der Waals surface area contributed by atoms with Crippen LogP contribution in [0, 0.1) is 6.92 Å². The van der Waals surface area contributed by atoms with E-state index >= 15 is 0 Å². The van der Waals surface area contributed by atoms with Crippen molar-refractivity contribution in [2.24, 2.45) is 7.05 Å². The van der Waals surface area contributed by atoms with Crippen molar-refractivity contribution in [3.8, 4) is 11.4 Å². The first-order chi connectivity index (χ1) is 8.66. The lowest BCUT2D eigenvalue weighted by molar-refractivity contribution is 0.954. The van der Waals surface area contributed by atoms with Gasteiger partial charge in [0.2, 0.25) is 0 Å². The van der Waals surface area contributed by atoms with Gasteiger partial charge in [-0.2, -0.15) is 0 Å². The van der Waals surface area contributed by atoms with Crippen LogP contribution >= 0.6 is 0 Å². The van der Waals surface area contributed by atoms with E-state index in [1.165, 1.54) is 5.56 Å². The van der Waals surface area contributed by atoms with Crippen molar-refractivity contribution in [1.29, 1.82) is 0 Å². The summed E-state index contributed by atoms with van der Waals surface area (Å²) in [5, 5.41) is 0. The molecule has 0 aliphatic heterocycles. The highest BCUT2D eigenvalue weighted by Crippen LogP contribution is 2.25. The van der Waals surface area contributed by atoms with Gasteiger partial charge in [-0.1, -0.05) is 12.1 Å². The molecule has 0 aliphatic carbocycles. The second-order valence-electron chi connectivity index (χ2n) is 4.41. The van der Waals surface area contributed by atoms with Crippen molar-refractivity contribution in [3.05, 3.63) is 42.1 Å². The number of hydrogen-bond acceptors (Lipinski definition) is 3. The van der Waals surface area contributed by atoms with E-state index in [0.717, 1.165) is 22.4 Å². The van der Waals surface area contributed by atoms with E-state index in [4.69, 9.17) is 5.73 Å². The number of pyridine rings is 1. The summed E-state index contributed by atoms with van der Waals surface area (Å²) in [5.74, 6) is 1.43. The van der Waals surface area contributed by atoms with Crippen molar-refractivity contribution in [2.45, 2.75) is 6.92 Å². The zero-order valence-electron chi connectivity index (χ0n) is 10.4. The highest BCUT2D eigenvalue weighted by atomic mass is 15.1. The van der Waals surface area contributed by atoms with Crippen molar-refractivity contribution in [1.82, 2.24) is 14.5 Å². The van der Waals surface area contributed by atoms with Crippen LogP contribution in [0.3, 0.4) is 0 Å². The molecule has 0 spiro atoms. The molecule has 2 aromatic heterocycles. The topological polar surface area (TPSA) is 56.7 Å². The standard InChI is InChI=1S/C14H14N4/c1-9-4-3-5-11-13(9)18(2)14(17-11)10-6-7-12(15)16-8-10/h3-8H,1-2H3,(H2,15,16). The molecule has 0 fully saturated rings. The first-order valence-electron chi connectivity index (χ1n) is 5.81. The molecule has 0 atom stereocenters. The summed E-state index contributed by atoms with van der Waals surface area (Å²) in [7, 11) is 2.02. The third-order valence-corrected chi connectivity index (χ3v) is 3.14. The van der Waals surface area contributed by atoms with E-state index in [-0.39, 0.29) is 0 Å². The molecular weight excluding hydrogens is 224 g/mol. The smallest absolute Gasteiger partial charge is 0.142 e. The van der Waals surface area contributed by atoms with Gasteiger partial charge in [-0.3, -0.25) is 0 Å². The number of rotatable bonds is 1. The van der Waals surface area contributed by atoms with Crippen LogP contribution in [0.4, 0.5) is 5.82 Å². The first-order valence-corrected chi connectivity index (χ1v) is 5.81. The Labute approximate surface area is 105 Å². The minimum Gasteiger partial charge on any atom is -0.384 e. The summed E-state index contributed by atoms with van der Waals surface area (Å²) in [5.41, 5.74) is 9.96. The van der Waals surface area contributed by atoms with Crippen molar-refractivity contribution >= 4 is 16.9 Å².